The molecule has 6 heteroatoms. The molecule has 2 atom stereocenters. The molecule has 1 fully saturated rings. The zero-order chi connectivity index (χ0) is 12.0. The molecule has 0 aromatic rings. The second-order valence-corrected chi connectivity index (χ2v) is 5.50. The van der Waals surface area contributed by atoms with E-state index in [9.17, 15) is 14.4 Å². The number of rotatable bonds is 1. The maximum Gasteiger partial charge on any atom is 0.354 e. The van der Waals surface area contributed by atoms with Gasteiger partial charge in [0.1, 0.15) is 11.1 Å². The van der Waals surface area contributed by atoms with Crippen LogP contribution >= 0.6 is 10.5 Å². The van der Waals surface area contributed by atoms with E-state index in [-0.39, 0.29) is 5.70 Å². The Hall–Kier alpha value is -1.43. The van der Waals surface area contributed by atoms with Crippen LogP contribution in [0.25, 0.3) is 0 Å². The second kappa shape index (κ2) is 3.55. The number of carbonyl (C=O) groups is 3. The number of fused-ring (bicyclic) bond motifs is 1. The molecule has 16 heavy (non-hydrogen) atoms. The van der Waals surface area contributed by atoms with Crippen molar-refractivity contribution in [2.75, 3.05) is 12.9 Å². The number of Topliss-reactive ketones (excluding diaryl/α,β-unsaturated/α-hetero) is 1. The fourth-order valence-electron chi connectivity index (χ4n) is 1.90. The van der Waals surface area contributed by atoms with Gasteiger partial charge in [0.25, 0.3) is 11.7 Å². The van der Waals surface area contributed by atoms with Crippen LogP contribution in [0.1, 0.15) is 6.92 Å². The number of ether oxygens (including phenoxy) is 1. The fraction of sp³-hybridized carbons (Fsp3) is 0.400. The number of hydrogen-bond acceptors (Lipinski definition) is 4. The monoisotopic (exact) mass is 241 g/mol. The summed E-state index contributed by atoms with van der Waals surface area (Å²) in [6.45, 7) is 1.75. The molecule has 0 aromatic heterocycles. The van der Waals surface area contributed by atoms with Crippen molar-refractivity contribution in [3.63, 3.8) is 0 Å². The molecule has 1 amide bonds. The summed E-state index contributed by atoms with van der Waals surface area (Å²) in [7, 11) is 0.794. The van der Waals surface area contributed by atoms with Crippen molar-refractivity contribution in [3.05, 3.63) is 11.3 Å². The Morgan fingerprint density at radius 2 is 2.19 bits per heavy atom. The molecule has 0 radical (unpaired) electrons. The van der Waals surface area contributed by atoms with Gasteiger partial charge in [-0.15, -0.1) is 0 Å². The summed E-state index contributed by atoms with van der Waals surface area (Å²) in [6.07, 6.45) is 0. The summed E-state index contributed by atoms with van der Waals surface area (Å²) >= 11 is 0. The van der Waals surface area contributed by atoms with Gasteiger partial charge in [0.05, 0.1) is 7.11 Å². The van der Waals surface area contributed by atoms with Crippen LogP contribution in [0.3, 0.4) is 0 Å². The molecule has 0 saturated carbocycles. The fourth-order valence-corrected chi connectivity index (χ4v) is 3.66. The van der Waals surface area contributed by atoms with E-state index < -0.39 is 33.5 Å². The van der Waals surface area contributed by atoms with Gasteiger partial charge < -0.3 is 4.74 Å². The highest BCUT2D eigenvalue weighted by molar-refractivity contribution is 8.15. The zero-order valence-electron chi connectivity index (χ0n) is 8.98. The Bertz CT molecular complexity index is 465. The third-order valence-electron chi connectivity index (χ3n) is 2.63. The van der Waals surface area contributed by atoms with Gasteiger partial charge in [-0.3, -0.25) is 14.5 Å². The van der Waals surface area contributed by atoms with E-state index in [0.29, 0.717) is 5.75 Å². The van der Waals surface area contributed by atoms with Crippen LogP contribution in [-0.2, 0) is 19.1 Å². The zero-order valence-corrected chi connectivity index (χ0v) is 9.80. The number of amides is 1. The van der Waals surface area contributed by atoms with Crippen molar-refractivity contribution in [1.29, 1.82) is 0 Å². The number of ketones is 1. The molecule has 0 aromatic carbocycles. The Balaban J connectivity index is 2.47. The number of methoxy groups -OCH3 is 1. The molecule has 2 rings (SSSR count). The van der Waals surface area contributed by atoms with Crippen molar-refractivity contribution in [1.82, 2.24) is 4.90 Å². The van der Waals surface area contributed by atoms with Gasteiger partial charge in [0.15, 0.2) is 0 Å². The van der Waals surface area contributed by atoms with Gasteiger partial charge in [-0.25, -0.2) is 4.79 Å². The predicted molar refractivity (Wildman–Crippen MR) is 59.9 cm³/mol. The van der Waals surface area contributed by atoms with E-state index >= 15 is 0 Å². The highest BCUT2D eigenvalue weighted by atomic mass is 32.2. The molecule has 2 unspecified atom stereocenters. The first-order chi connectivity index (χ1) is 7.49. The molecule has 0 aliphatic carbocycles. The molecule has 86 valence electrons. The first-order valence-corrected chi connectivity index (χ1v) is 6.26. The first kappa shape index (κ1) is 11.1. The van der Waals surface area contributed by atoms with E-state index in [4.69, 9.17) is 0 Å². The maximum absolute atomic E-state index is 11.5. The first-order valence-electron chi connectivity index (χ1n) is 4.64. The van der Waals surface area contributed by atoms with Crippen LogP contribution in [0.15, 0.2) is 11.3 Å². The Morgan fingerprint density at radius 3 is 2.75 bits per heavy atom. The average Bonchev–Trinajstić information content (AvgIpc) is 2.26. The average molecular weight is 241 g/mol. The second-order valence-electron chi connectivity index (χ2n) is 3.69. The molecule has 0 bridgehead atoms. The van der Waals surface area contributed by atoms with Crippen LogP contribution in [-0.4, -0.2) is 46.7 Å². The third kappa shape index (κ3) is 1.26. The van der Waals surface area contributed by atoms with E-state index in [1.807, 2.05) is 0 Å². The summed E-state index contributed by atoms with van der Waals surface area (Å²) < 4.78 is 4.61. The molecule has 2 heterocycles. The number of hydrogen-bond donors (Lipinski definition) is 0. The van der Waals surface area contributed by atoms with E-state index in [2.05, 4.69) is 10.6 Å². The quantitative estimate of drug-likeness (QED) is 0.278. The van der Waals surface area contributed by atoms with Crippen molar-refractivity contribution in [2.45, 2.75) is 12.3 Å². The van der Waals surface area contributed by atoms with Crippen LogP contribution < -0.4 is 0 Å². The largest absolute Gasteiger partial charge is 0.464 e. The lowest BCUT2D eigenvalue weighted by Crippen LogP contribution is -2.62. The summed E-state index contributed by atoms with van der Waals surface area (Å²) in [5, 5.41) is -0.551. The molecule has 2 aliphatic heterocycles. The minimum atomic E-state index is -0.634. The molecule has 2 aliphatic rings. The predicted octanol–water partition coefficient (Wildman–Crippen LogP) is -0.115. The van der Waals surface area contributed by atoms with Gasteiger partial charge in [-0.2, -0.15) is 10.5 Å². The van der Waals surface area contributed by atoms with Gasteiger partial charge in [0.2, 0.25) is 0 Å². The SMILES string of the molecule is C=S1CC(C)=C(C(=O)OC)N2C(=O)C(=O)C21. The van der Waals surface area contributed by atoms with Crippen molar-refractivity contribution < 1.29 is 19.1 Å². The maximum atomic E-state index is 11.5. The van der Waals surface area contributed by atoms with Crippen LogP contribution in [0, 0.1) is 0 Å². The van der Waals surface area contributed by atoms with Gasteiger partial charge in [-0.1, -0.05) is 5.87 Å². The van der Waals surface area contributed by atoms with Gasteiger partial charge in [0, 0.05) is 5.75 Å². The molecule has 5 nitrogen and oxygen atoms in total. The van der Waals surface area contributed by atoms with E-state index in [0.717, 1.165) is 5.57 Å². The highest BCUT2D eigenvalue weighted by Crippen LogP contribution is 2.41. The third-order valence-corrected chi connectivity index (χ3v) is 4.49. The van der Waals surface area contributed by atoms with Crippen molar-refractivity contribution >= 4 is 34.0 Å². The molecule has 0 spiro atoms. The smallest absolute Gasteiger partial charge is 0.354 e. The lowest BCUT2D eigenvalue weighted by atomic mass is 10.1. The number of nitrogens with zero attached hydrogens (tertiary/aromatic N) is 1. The molecule has 0 N–H and O–H groups in total. The van der Waals surface area contributed by atoms with Crippen molar-refractivity contribution in [2.24, 2.45) is 0 Å². The normalized spacial score (nSPS) is 28.8. The highest BCUT2D eigenvalue weighted by Gasteiger charge is 2.53. The minimum Gasteiger partial charge on any atom is -0.464 e. The Kier molecular flexibility index (Phi) is 2.46. The van der Waals surface area contributed by atoms with Gasteiger partial charge >= 0.3 is 5.97 Å². The summed E-state index contributed by atoms with van der Waals surface area (Å²) in [5.74, 6) is 2.77. The number of esters is 1. The molecular formula is C10H11NO4S. The van der Waals surface area contributed by atoms with Crippen molar-refractivity contribution in [3.8, 4) is 0 Å². The standard InChI is InChI=1S/C10H11NO4S/c1-5-4-16(3)9-7(12)8(13)11(9)6(5)10(14)15-2/h9H,3-4H2,1-2H3. The molecular weight excluding hydrogens is 230 g/mol. The summed E-state index contributed by atoms with van der Waals surface area (Å²) in [5.41, 5.74) is 0.965. The van der Waals surface area contributed by atoms with E-state index in [1.165, 1.54) is 12.0 Å². The lowest BCUT2D eigenvalue weighted by molar-refractivity contribution is -0.157. The van der Waals surface area contributed by atoms with E-state index in [1.54, 1.807) is 6.92 Å². The molecule has 1 saturated heterocycles. The van der Waals surface area contributed by atoms with Crippen LogP contribution in [0.5, 0.6) is 0 Å². The summed E-state index contributed by atoms with van der Waals surface area (Å²) in [4.78, 5) is 35.5. The minimum absolute atomic E-state index is 0.213. The number of carbonyl (C=O) groups excluding carboxylic acids is 3. The Labute approximate surface area is 95.0 Å². The summed E-state index contributed by atoms with van der Waals surface area (Å²) in [6, 6.07) is 0. The lowest BCUT2D eigenvalue weighted by Gasteiger charge is -2.44. The topological polar surface area (TPSA) is 63.7 Å². The van der Waals surface area contributed by atoms with Crippen LogP contribution in [0.2, 0.25) is 0 Å². The van der Waals surface area contributed by atoms with Gasteiger partial charge in [-0.05, 0) is 12.5 Å². The Morgan fingerprint density at radius 1 is 1.56 bits per heavy atom. The number of β-lactam (4-membered cyclic amide) rings is 1. The van der Waals surface area contributed by atoms with Crippen LogP contribution in [0.4, 0.5) is 0 Å².